The molecule has 1 atom stereocenters. The van der Waals surface area contributed by atoms with Crippen molar-refractivity contribution in [1.82, 2.24) is 39.2 Å². The van der Waals surface area contributed by atoms with E-state index in [1.165, 1.54) is 35.1 Å². The number of piperazine rings is 2. The monoisotopic (exact) mass is 754 g/mol. The molecule has 4 fully saturated rings. The van der Waals surface area contributed by atoms with Gasteiger partial charge in [0.05, 0.1) is 40.3 Å². The number of likely N-dealkylation sites (N-methyl/N-ethyl adjacent to an activating group) is 1. The number of hydrogen-bond donors (Lipinski definition) is 1. The maximum Gasteiger partial charge on any atom is 0.235 e. The zero-order chi connectivity index (χ0) is 37.0. The number of anilines is 2. The summed E-state index contributed by atoms with van der Waals surface area (Å²) in [6.07, 6.45) is 7.33. The van der Waals surface area contributed by atoms with E-state index in [1.54, 1.807) is 12.4 Å². The van der Waals surface area contributed by atoms with Crippen LogP contribution in [-0.4, -0.2) is 99.9 Å². The fourth-order valence-electron chi connectivity index (χ4n) is 8.22. The zero-order valence-corrected chi connectivity index (χ0v) is 31.1. The number of methoxy groups -OCH3 is 1. The van der Waals surface area contributed by atoms with Crippen molar-refractivity contribution in [2.45, 2.75) is 50.7 Å². The van der Waals surface area contributed by atoms with Gasteiger partial charge in [-0.05, 0) is 57.9 Å². The van der Waals surface area contributed by atoms with Crippen LogP contribution < -0.4 is 30.7 Å². The third kappa shape index (κ3) is 5.40. The number of ether oxygens (including phenoxy) is 1. The van der Waals surface area contributed by atoms with Crippen LogP contribution in [0, 0.1) is 11.6 Å². The van der Waals surface area contributed by atoms with E-state index >= 15 is 8.78 Å². The summed E-state index contributed by atoms with van der Waals surface area (Å²) in [6.45, 7) is 7.06. The third-order valence-corrected chi connectivity index (χ3v) is 12.3. The van der Waals surface area contributed by atoms with Gasteiger partial charge in [-0.25, -0.2) is 8.78 Å². The maximum atomic E-state index is 16.1. The molecule has 13 nitrogen and oxygen atoms in total. The average Bonchev–Trinajstić information content (AvgIpc) is 4.10. The van der Waals surface area contributed by atoms with Crippen LogP contribution >= 0.6 is 11.3 Å². The average molecular weight is 755 g/mol. The first-order chi connectivity index (χ1) is 26.2. The minimum absolute atomic E-state index is 0.123. The van der Waals surface area contributed by atoms with E-state index in [9.17, 15) is 9.59 Å². The Labute approximate surface area is 312 Å². The highest BCUT2D eigenvalue weighted by atomic mass is 32.1. The standard InChI is InChI=1S/C38H40F2N10O3S/c1-20-17-47(9-8-41-20)32-28(40)15-24-31(35(32)53-3)49(22-6-7-22)19-26(34(24)52)37-44-50-36(42-43-38(50)54-37)25-18-48(21-4-5-21)29-16-30(27(39)14-23(29)33(25)51)46-12-10-45(2)11-13-46/h14-16,18-22,41H,4-13,17H2,1-3H3. The summed E-state index contributed by atoms with van der Waals surface area (Å²) in [7, 11) is 3.58. The molecule has 10 rings (SSSR count). The van der Waals surface area contributed by atoms with Crippen LogP contribution in [0.1, 0.15) is 44.7 Å². The van der Waals surface area contributed by atoms with Gasteiger partial charge in [-0.1, -0.05) is 11.3 Å². The van der Waals surface area contributed by atoms with Crippen molar-refractivity contribution in [1.29, 1.82) is 0 Å². The van der Waals surface area contributed by atoms with Crippen molar-refractivity contribution in [2.24, 2.45) is 0 Å². The Morgan fingerprint density at radius 2 is 1.56 bits per heavy atom. The van der Waals surface area contributed by atoms with Crippen molar-refractivity contribution in [3.63, 3.8) is 0 Å². The topological polar surface area (TPSA) is 118 Å². The third-order valence-electron chi connectivity index (χ3n) is 11.4. The number of nitrogens with zero attached hydrogens (tertiary/aromatic N) is 9. The Hall–Kier alpha value is -4.93. The van der Waals surface area contributed by atoms with Crippen molar-refractivity contribution in [3.8, 4) is 27.7 Å². The van der Waals surface area contributed by atoms with Crippen LogP contribution in [0.25, 0.3) is 48.7 Å². The molecule has 6 aromatic rings. The molecule has 6 heterocycles. The van der Waals surface area contributed by atoms with Gasteiger partial charge in [-0.2, -0.15) is 9.61 Å². The maximum absolute atomic E-state index is 16.1. The number of aromatic nitrogens is 6. The second kappa shape index (κ2) is 12.6. The van der Waals surface area contributed by atoms with E-state index in [-0.39, 0.29) is 51.1 Å². The summed E-state index contributed by atoms with van der Waals surface area (Å²) in [5.41, 5.74) is 1.94. The van der Waals surface area contributed by atoms with Crippen LogP contribution in [0.15, 0.2) is 40.2 Å². The predicted octanol–water partition coefficient (Wildman–Crippen LogP) is 4.66. The summed E-state index contributed by atoms with van der Waals surface area (Å²) in [5, 5.41) is 17.8. The van der Waals surface area contributed by atoms with Crippen LogP contribution in [-0.2, 0) is 0 Å². The number of benzene rings is 2. The Kier molecular flexibility index (Phi) is 7.82. The molecular weight excluding hydrogens is 715 g/mol. The lowest BCUT2D eigenvalue weighted by atomic mass is 10.1. The molecule has 4 aromatic heterocycles. The summed E-state index contributed by atoms with van der Waals surface area (Å²) in [4.78, 5) is 35.1. The Morgan fingerprint density at radius 1 is 0.852 bits per heavy atom. The minimum atomic E-state index is -0.513. The van der Waals surface area contributed by atoms with E-state index in [0.717, 1.165) is 38.8 Å². The van der Waals surface area contributed by atoms with E-state index < -0.39 is 11.6 Å². The number of fused-ring (bicyclic) bond motifs is 3. The lowest BCUT2D eigenvalue weighted by Crippen LogP contribution is -2.49. The van der Waals surface area contributed by atoms with E-state index in [4.69, 9.17) is 9.84 Å². The molecule has 2 saturated heterocycles. The van der Waals surface area contributed by atoms with Gasteiger partial charge in [0, 0.05) is 81.7 Å². The highest BCUT2D eigenvalue weighted by Crippen LogP contribution is 2.45. The van der Waals surface area contributed by atoms with Gasteiger partial charge in [0.15, 0.2) is 27.8 Å². The van der Waals surface area contributed by atoms with Crippen molar-refractivity contribution in [3.05, 3.63) is 62.7 Å². The largest absolute Gasteiger partial charge is 0.492 e. The lowest BCUT2D eigenvalue weighted by molar-refractivity contribution is 0.312. The van der Waals surface area contributed by atoms with Gasteiger partial charge in [0.25, 0.3) is 0 Å². The second-order valence-electron chi connectivity index (χ2n) is 15.2. The molecule has 54 heavy (non-hydrogen) atoms. The molecule has 0 radical (unpaired) electrons. The van der Waals surface area contributed by atoms with Crippen LogP contribution in [0.5, 0.6) is 5.75 Å². The Balaban J connectivity index is 1.10. The van der Waals surface area contributed by atoms with Crippen molar-refractivity contribution < 1.29 is 13.5 Å². The molecule has 0 spiro atoms. The quantitative estimate of drug-likeness (QED) is 0.247. The van der Waals surface area contributed by atoms with Crippen molar-refractivity contribution >= 4 is 49.5 Å². The van der Waals surface area contributed by atoms with Crippen LogP contribution in [0.3, 0.4) is 0 Å². The smallest absolute Gasteiger partial charge is 0.235 e. The van der Waals surface area contributed by atoms with Gasteiger partial charge < -0.3 is 33.9 Å². The number of hydrogen-bond acceptors (Lipinski definition) is 11. The lowest BCUT2D eigenvalue weighted by Gasteiger charge is -2.35. The minimum Gasteiger partial charge on any atom is -0.492 e. The summed E-state index contributed by atoms with van der Waals surface area (Å²) >= 11 is 1.17. The molecule has 0 amide bonds. The first kappa shape index (κ1) is 33.6. The predicted molar refractivity (Wildman–Crippen MR) is 205 cm³/mol. The summed E-state index contributed by atoms with van der Waals surface area (Å²) < 4.78 is 43.4. The molecular formula is C38H40F2N10O3S. The highest BCUT2D eigenvalue weighted by Gasteiger charge is 2.33. The number of nitrogens with one attached hydrogen (secondary N) is 1. The van der Waals surface area contributed by atoms with Crippen LogP contribution in [0.4, 0.5) is 20.2 Å². The highest BCUT2D eigenvalue weighted by molar-refractivity contribution is 7.19. The normalized spacial score (nSPS) is 19.8. The first-order valence-corrected chi connectivity index (χ1v) is 19.5. The van der Waals surface area contributed by atoms with E-state index in [0.29, 0.717) is 76.4 Å². The van der Waals surface area contributed by atoms with Crippen molar-refractivity contribution in [2.75, 3.05) is 69.8 Å². The summed E-state index contributed by atoms with van der Waals surface area (Å²) in [6, 6.07) is 4.98. The summed E-state index contributed by atoms with van der Waals surface area (Å²) in [5.74, 6) is -0.383. The number of pyridine rings is 2. The van der Waals surface area contributed by atoms with Gasteiger partial charge in [0.1, 0.15) is 11.5 Å². The van der Waals surface area contributed by atoms with Crippen LogP contribution in [0.2, 0.25) is 0 Å². The molecule has 2 aliphatic heterocycles. The number of rotatable bonds is 7. The van der Waals surface area contributed by atoms with Gasteiger partial charge >= 0.3 is 0 Å². The molecule has 1 N–H and O–H groups in total. The van der Waals surface area contributed by atoms with Gasteiger partial charge in [-0.3, -0.25) is 9.59 Å². The molecule has 0 bridgehead atoms. The Bertz CT molecular complexity index is 2620. The molecule has 280 valence electrons. The SMILES string of the molecule is COc1c(N2CCNC(C)C2)c(F)cc2c(=O)c(-c3nn4c(-c5cn(C6CC6)c6cc(N7CCN(C)CC7)c(F)cc6c5=O)nnc4s3)cn(C3CC3)c12. The molecule has 2 saturated carbocycles. The van der Waals surface area contributed by atoms with Gasteiger partial charge in [0.2, 0.25) is 10.4 Å². The zero-order valence-electron chi connectivity index (χ0n) is 30.3. The molecule has 16 heteroatoms. The number of halogens is 2. The molecule has 2 aromatic carbocycles. The Morgan fingerprint density at radius 3 is 2.28 bits per heavy atom. The second-order valence-corrected chi connectivity index (χ2v) is 16.2. The molecule has 1 unspecified atom stereocenters. The fourth-order valence-corrected chi connectivity index (χ4v) is 9.06. The van der Waals surface area contributed by atoms with E-state index in [2.05, 4.69) is 39.0 Å². The van der Waals surface area contributed by atoms with Gasteiger partial charge in [-0.15, -0.1) is 10.2 Å². The first-order valence-electron chi connectivity index (χ1n) is 18.7. The molecule has 4 aliphatic rings. The van der Waals surface area contributed by atoms with E-state index in [1.807, 2.05) is 20.4 Å². The molecule has 2 aliphatic carbocycles. The fraction of sp³-hybridized carbons (Fsp3) is 0.447.